The van der Waals surface area contributed by atoms with Gasteiger partial charge in [0, 0.05) is 81.5 Å². The quantitative estimate of drug-likeness (QED) is 0.0202. The van der Waals surface area contributed by atoms with E-state index in [9.17, 15) is 68.5 Å². The number of aliphatic hydroxyl groups is 8. The molecule has 6 saturated heterocycles. The molecule has 126 heavy (non-hydrogen) atoms. The first-order valence-corrected chi connectivity index (χ1v) is 45.6. The zero-order valence-corrected chi connectivity index (χ0v) is 74.1. The van der Waals surface area contributed by atoms with Gasteiger partial charge in [0.1, 0.15) is 48.8 Å². The summed E-state index contributed by atoms with van der Waals surface area (Å²) < 4.78 is 110. The van der Waals surface area contributed by atoms with Crippen LogP contribution in [0.2, 0.25) is 0 Å². The highest BCUT2D eigenvalue weighted by Crippen LogP contribution is 2.61. The number of ketones is 2. The van der Waals surface area contributed by atoms with Crippen molar-refractivity contribution in [2.24, 2.45) is 0 Å². The van der Waals surface area contributed by atoms with Gasteiger partial charge in [-0.05, 0) is 120 Å². The number of carbonyl (C=O) groups excluding carboxylic acids is 7. The fourth-order valence-electron chi connectivity index (χ4n) is 16.3. The van der Waals surface area contributed by atoms with Crippen LogP contribution in [0.5, 0.6) is 0 Å². The van der Waals surface area contributed by atoms with E-state index in [1.54, 1.807) is 0 Å². The van der Waals surface area contributed by atoms with Crippen molar-refractivity contribution in [2.45, 2.75) is 390 Å². The molecule has 1 aromatic carbocycles. The van der Waals surface area contributed by atoms with Crippen LogP contribution >= 0.6 is 47.2 Å². The lowest BCUT2D eigenvalue weighted by molar-refractivity contribution is -0.244. The van der Waals surface area contributed by atoms with Crippen molar-refractivity contribution in [3.63, 3.8) is 0 Å². The van der Waals surface area contributed by atoms with Crippen LogP contribution in [0.4, 0.5) is 0 Å². The van der Waals surface area contributed by atoms with Crippen LogP contribution in [-0.4, -0.2) is 276 Å². The second-order valence-electron chi connectivity index (χ2n) is 30.9. The minimum absolute atomic E-state index is 0. The number of fused-ring (bicyclic) bond motifs is 8. The third kappa shape index (κ3) is 29.3. The molecule has 10 fully saturated rings. The first-order chi connectivity index (χ1) is 56.6. The average molecular weight is 1910 g/mol. The Morgan fingerprint density at radius 2 is 0.881 bits per heavy atom. The van der Waals surface area contributed by atoms with Crippen LogP contribution in [0.25, 0.3) is 0 Å². The summed E-state index contributed by atoms with van der Waals surface area (Å²) in [5.41, 5.74) is -4.97. The molecule has 0 aromatic heterocycles. The number of rotatable bonds is 19. The topological polar surface area (TPSA) is 553 Å². The van der Waals surface area contributed by atoms with E-state index in [4.69, 9.17) is 96.7 Å². The number of methoxy groups -OCH3 is 4. The number of esters is 5. The fraction of sp³-hybridized carbons (Fsp3) is 0.783. The molecule has 6 heterocycles. The van der Waals surface area contributed by atoms with Crippen molar-refractivity contribution in [1.29, 1.82) is 0 Å². The number of aliphatic hydroxyl groups excluding tert-OH is 4. The van der Waals surface area contributed by atoms with Crippen molar-refractivity contribution in [3.8, 4) is 0 Å². The molecule has 12 aliphatic rings. The number of carboxylic acids is 1. The van der Waals surface area contributed by atoms with Gasteiger partial charge in [0.15, 0.2) is 62.9 Å². The molecular weight excluding hydrogens is 1770 g/mol. The number of ether oxygens (including phenoxy) is 16. The molecule has 6 aliphatic heterocycles. The Morgan fingerprint density at radius 1 is 0.500 bits per heavy atom. The van der Waals surface area contributed by atoms with Gasteiger partial charge in [0.05, 0.1) is 83.9 Å². The number of hydrogen-bond donors (Lipinski definition) is 10. The zero-order valence-electron chi connectivity index (χ0n) is 70.1. The second kappa shape index (κ2) is 50.3. The standard InChI is InChI=1S/C20H26O5.C13H22O6.C13H20O6.C13H18O5.C12H18O5.C7H12O6.5CH4.Cl3OP.HO4P.H2/c1-4-20(5-2)24-17-12-15(19(21)22-3)11-16(18(17)25-20)23-13-14-9-7-6-8-10-14;2*1-4-13(5-2)18-9-7-12(16,11(15)17-3)6-8(14)10(9)19-13;1-4-13(5-2)17-10-7-8(12(15)16-3)6-9(14)11(10)18-13;1-3-12(4-2)16-8-6-11(14)5-7(9(8)17-12)15-10(11)13;8-3-1-7(13,6(11)12)2-4(9)5(3)10;;;;;;1-5(2,3)4;1-4-5(2)3;/h6-11,16-18H,4-5,12-13H2,1-3H3;8-10,14,16H,4-7H2,1-3H3;9-10,16H,4-7H2,1-3H3;6,10-11H,4-5,7H2,1-3H3;7-9,14H,3-6H2,1-2H3;3-5,8-10,13H,1-2H2,(H,11,12);5*1H4;;1H;1H/t16-,17+,18-;8-,9-,10+,12-;9-,10+,12-;10-,11+;7-,8-,9+,11-;3-,4-,5?,7?;;;;;;;;/m011111......../s1. The van der Waals surface area contributed by atoms with E-state index in [0.29, 0.717) is 75.5 Å². The summed E-state index contributed by atoms with van der Waals surface area (Å²) >= 11 is 13.8. The minimum atomic E-state index is -3.22. The third-order valence-electron chi connectivity index (χ3n) is 23.4. The molecule has 2 bridgehead atoms. The number of aliphatic carboxylic acids is 1. The van der Waals surface area contributed by atoms with Gasteiger partial charge in [-0.1, -0.05) is 137 Å². The normalized spacial score (nSPS) is 33.4. The molecule has 0 radical (unpaired) electrons. The molecular formula is C83H139Cl3O38P2. The van der Waals surface area contributed by atoms with Gasteiger partial charge < -0.3 is 127 Å². The van der Waals surface area contributed by atoms with Gasteiger partial charge in [-0.15, -0.1) is 0 Å². The predicted octanol–water partition coefficient (Wildman–Crippen LogP) is 9.78. The molecule has 43 heteroatoms. The van der Waals surface area contributed by atoms with E-state index >= 15 is 0 Å². The lowest BCUT2D eigenvalue weighted by atomic mass is 9.80. The highest BCUT2D eigenvalue weighted by atomic mass is 36.0. The van der Waals surface area contributed by atoms with E-state index in [0.717, 1.165) is 31.2 Å². The molecule has 0 spiro atoms. The molecule has 1 unspecified atom stereocenters. The van der Waals surface area contributed by atoms with Crippen LogP contribution in [-0.2, 0) is 135 Å². The number of carbonyl (C=O) groups is 8. The van der Waals surface area contributed by atoms with Gasteiger partial charge in [-0.25, -0.2) is 34.0 Å². The Labute approximate surface area is 754 Å². The number of Topliss-reactive ketones (excluding diaryl/α,β-unsaturated/α-hetero) is 1. The summed E-state index contributed by atoms with van der Waals surface area (Å²) in [6, 6.07) is 9.96. The smallest absolute Gasteiger partial charge is 0.521 e. The third-order valence-corrected chi connectivity index (χ3v) is 23.5. The van der Waals surface area contributed by atoms with Crippen LogP contribution in [0, 0.1) is 0 Å². The van der Waals surface area contributed by atoms with Crippen molar-refractivity contribution in [2.75, 3.05) is 28.4 Å². The maximum atomic E-state index is 12.1. The predicted molar refractivity (Wildman–Crippen MR) is 454 cm³/mol. The highest BCUT2D eigenvalue weighted by molar-refractivity contribution is 8.24. The molecule has 1 aromatic rings. The molecule has 13 rings (SSSR count). The summed E-state index contributed by atoms with van der Waals surface area (Å²) in [7, 11) is 2.05. The number of benzene rings is 1. The van der Waals surface area contributed by atoms with Gasteiger partial charge >= 0.3 is 49.3 Å². The van der Waals surface area contributed by atoms with Crippen LogP contribution < -0.4 is 4.89 Å². The lowest BCUT2D eigenvalue weighted by Gasteiger charge is -2.37. The van der Waals surface area contributed by atoms with E-state index in [-0.39, 0.29) is 131 Å². The first-order valence-electron chi connectivity index (χ1n) is 40.1. The monoisotopic (exact) mass is 1910 g/mol. The Bertz CT molecular complexity index is 3780. The summed E-state index contributed by atoms with van der Waals surface area (Å²) in [6.07, 6.45) is 0.402. The highest BCUT2D eigenvalue weighted by Gasteiger charge is 2.65. The Morgan fingerprint density at radius 3 is 1.33 bits per heavy atom. The summed E-state index contributed by atoms with van der Waals surface area (Å²) in [6.45, 7) is 20.2. The number of hydrogen-bond acceptors (Lipinski definition) is 37. The van der Waals surface area contributed by atoms with Crippen molar-refractivity contribution < 1.29 is 185 Å². The molecule has 19 atom stereocenters. The van der Waals surface area contributed by atoms with Gasteiger partial charge in [-0.2, -0.15) is 0 Å². The van der Waals surface area contributed by atoms with Crippen LogP contribution in [0.15, 0.2) is 53.6 Å². The van der Waals surface area contributed by atoms with E-state index in [1.807, 2.05) is 91.8 Å². The average Bonchev–Trinajstić information content (AvgIpc) is 1.56. The summed E-state index contributed by atoms with van der Waals surface area (Å²) in [5, 5.41) is 89.8. The molecule has 4 saturated carbocycles. The van der Waals surface area contributed by atoms with Crippen LogP contribution in [0.3, 0.4) is 0 Å². The largest absolute Gasteiger partial charge is 0.565 e. The minimum Gasteiger partial charge on any atom is -0.565 e. The number of halogens is 3. The van der Waals surface area contributed by atoms with E-state index in [2.05, 4.69) is 66.5 Å². The maximum absolute atomic E-state index is 12.1. The molecule has 730 valence electrons. The van der Waals surface area contributed by atoms with E-state index in [1.165, 1.54) is 34.5 Å². The van der Waals surface area contributed by atoms with Crippen molar-refractivity contribution >= 4 is 94.6 Å². The van der Waals surface area contributed by atoms with Gasteiger partial charge in [0.25, 0.3) is 0 Å². The zero-order chi connectivity index (χ0) is 91.0. The van der Waals surface area contributed by atoms with Gasteiger partial charge in [-0.3, -0.25) is 14.2 Å². The van der Waals surface area contributed by atoms with Crippen molar-refractivity contribution in [3.05, 3.63) is 59.2 Å². The summed E-state index contributed by atoms with van der Waals surface area (Å²) in [4.78, 5) is 102. The Kier molecular flexibility index (Phi) is 47.6. The molecule has 0 amide bonds. The molecule has 38 nitrogen and oxygen atoms in total. The number of carboxylic acid groups (broad SMARTS) is 1. The van der Waals surface area contributed by atoms with E-state index < -0.39 is 162 Å². The first kappa shape index (κ1) is 119. The summed E-state index contributed by atoms with van der Waals surface area (Å²) in [5.74, 6) is -8.26. The maximum Gasteiger partial charge on any atom is 0.521 e. The van der Waals surface area contributed by atoms with Gasteiger partial charge in [0.2, 0.25) is 0 Å². The molecule has 6 aliphatic carbocycles. The Hall–Kier alpha value is -4.82. The molecule has 10 N–H and O–H groups in total. The SMILES string of the molecule is C.C.C.C.C.CCC1(CC)O[C@@H]2CC(C(=O)OC)=CC(=O)[C@@H]2O1.CCC1(CC)O[C@@H]2C[C@@](O)(C(=O)OC)CC(=O)[C@@H]2O1.CCC1(CC)O[C@H]2[C@@H](OCc3ccccc3)C=C(C(=O)OC)C[C@H]2O1.CCC1(CC)O[C@H]2[C@H](O)C[C@](O)(C(=O)OC)C[C@H]2O1.CCC1(CC)O[C@H]2[C@H]3C[C@@](O)(C[C@H]2O1)C(=O)O3.O=C(O)C1(O)C[C@@H](O)C(O)[C@H](O)C1.O=P(Cl)(Cl)Cl.O=[P+]([O-])OO.[HH]. The lowest BCUT2D eigenvalue weighted by Crippen LogP contribution is -2.56. The van der Waals surface area contributed by atoms with Crippen LogP contribution in [0.1, 0.15) is 242 Å². The fourth-order valence-corrected chi connectivity index (χ4v) is 16.3. The van der Waals surface area contributed by atoms with Crippen molar-refractivity contribution in [1.82, 2.24) is 0 Å². The second-order valence-corrected chi connectivity index (χ2v) is 38.2. The Balaban J connectivity index is 0.00000146.